The predicted octanol–water partition coefficient (Wildman–Crippen LogP) is 1.04. The summed E-state index contributed by atoms with van der Waals surface area (Å²) in [6.45, 7) is 6.10. The van der Waals surface area contributed by atoms with Crippen LogP contribution in [-0.2, 0) is 4.79 Å². The zero-order valence-corrected chi connectivity index (χ0v) is 11.1. The molecule has 100 valence electrons. The minimum absolute atomic E-state index is 0.00241. The molecule has 4 heteroatoms. The van der Waals surface area contributed by atoms with Gasteiger partial charge in [-0.1, -0.05) is 20.3 Å². The lowest BCUT2D eigenvalue weighted by Gasteiger charge is -2.27. The first kappa shape index (κ1) is 14.5. The van der Waals surface area contributed by atoms with Gasteiger partial charge in [-0.3, -0.25) is 4.79 Å². The Morgan fingerprint density at radius 3 is 2.82 bits per heavy atom. The van der Waals surface area contributed by atoms with E-state index < -0.39 is 0 Å². The Morgan fingerprint density at radius 1 is 1.47 bits per heavy atom. The number of aliphatic hydroxyl groups excluding tert-OH is 1. The average molecular weight is 242 g/mol. The SMILES string of the molecule is CC(C)(CCCO)CNC(=O)C1CCCCN1. The summed E-state index contributed by atoms with van der Waals surface area (Å²) < 4.78 is 0. The zero-order chi connectivity index (χ0) is 12.7. The molecule has 0 spiro atoms. The highest BCUT2D eigenvalue weighted by Crippen LogP contribution is 2.20. The van der Waals surface area contributed by atoms with Crippen LogP contribution in [0.5, 0.6) is 0 Å². The topological polar surface area (TPSA) is 61.4 Å². The summed E-state index contributed by atoms with van der Waals surface area (Å²) >= 11 is 0. The van der Waals surface area contributed by atoms with E-state index in [0.29, 0.717) is 6.54 Å². The van der Waals surface area contributed by atoms with Gasteiger partial charge in [-0.25, -0.2) is 0 Å². The van der Waals surface area contributed by atoms with Crippen molar-refractivity contribution in [2.75, 3.05) is 19.7 Å². The van der Waals surface area contributed by atoms with E-state index in [2.05, 4.69) is 24.5 Å². The fourth-order valence-electron chi connectivity index (χ4n) is 2.17. The third-order valence-corrected chi connectivity index (χ3v) is 3.38. The van der Waals surface area contributed by atoms with E-state index in [0.717, 1.165) is 32.2 Å². The molecule has 0 saturated carbocycles. The van der Waals surface area contributed by atoms with Gasteiger partial charge in [-0.05, 0) is 37.6 Å². The molecular weight excluding hydrogens is 216 g/mol. The normalized spacial score (nSPS) is 21.2. The lowest BCUT2D eigenvalue weighted by Crippen LogP contribution is -2.48. The summed E-state index contributed by atoms with van der Waals surface area (Å²) in [4.78, 5) is 11.9. The number of amides is 1. The van der Waals surface area contributed by atoms with Crippen molar-refractivity contribution in [2.24, 2.45) is 5.41 Å². The number of hydrogen-bond acceptors (Lipinski definition) is 3. The number of carbonyl (C=O) groups is 1. The number of aliphatic hydroxyl groups is 1. The third kappa shape index (κ3) is 5.50. The molecular formula is C13H26N2O2. The zero-order valence-electron chi connectivity index (χ0n) is 11.1. The smallest absolute Gasteiger partial charge is 0.237 e. The molecule has 1 rings (SSSR count). The van der Waals surface area contributed by atoms with Crippen LogP contribution >= 0.6 is 0 Å². The molecule has 17 heavy (non-hydrogen) atoms. The fourth-order valence-corrected chi connectivity index (χ4v) is 2.17. The molecule has 1 aliphatic rings. The summed E-state index contributed by atoms with van der Waals surface area (Å²) in [5, 5.41) is 15.1. The van der Waals surface area contributed by atoms with Gasteiger partial charge in [0.15, 0.2) is 0 Å². The minimum Gasteiger partial charge on any atom is -0.396 e. The molecule has 4 nitrogen and oxygen atoms in total. The van der Waals surface area contributed by atoms with Crippen LogP contribution in [0.4, 0.5) is 0 Å². The van der Waals surface area contributed by atoms with E-state index in [1.54, 1.807) is 0 Å². The van der Waals surface area contributed by atoms with Gasteiger partial charge in [-0.2, -0.15) is 0 Å². The maximum atomic E-state index is 11.9. The molecule has 0 aromatic carbocycles. The average Bonchev–Trinajstić information content (AvgIpc) is 2.35. The predicted molar refractivity (Wildman–Crippen MR) is 68.8 cm³/mol. The van der Waals surface area contributed by atoms with E-state index >= 15 is 0 Å². The van der Waals surface area contributed by atoms with Gasteiger partial charge in [0, 0.05) is 13.2 Å². The van der Waals surface area contributed by atoms with Crippen LogP contribution in [0.3, 0.4) is 0 Å². The molecule has 1 heterocycles. The molecule has 0 radical (unpaired) electrons. The monoisotopic (exact) mass is 242 g/mol. The first-order chi connectivity index (χ1) is 8.05. The van der Waals surface area contributed by atoms with Gasteiger partial charge in [0.2, 0.25) is 5.91 Å². The lowest BCUT2D eigenvalue weighted by molar-refractivity contribution is -0.124. The molecule has 1 saturated heterocycles. The van der Waals surface area contributed by atoms with Crippen molar-refractivity contribution in [1.29, 1.82) is 0 Å². The molecule has 0 aliphatic carbocycles. The Balaban J connectivity index is 2.26. The second-order valence-corrected chi connectivity index (χ2v) is 5.71. The van der Waals surface area contributed by atoms with Crippen LogP contribution in [0.2, 0.25) is 0 Å². The highest BCUT2D eigenvalue weighted by Gasteiger charge is 2.23. The number of piperidine rings is 1. The van der Waals surface area contributed by atoms with Crippen LogP contribution in [0, 0.1) is 5.41 Å². The molecule has 0 bridgehead atoms. The van der Waals surface area contributed by atoms with Crippen LogP contribution in [0.1, 0.15) is 46.0 Å². The standard InChI is InChI=1S/C13H26N2O2/c1-13(2,7-5-9-16)10-15-12(17)11-6-3-4-8-14-11/h11,14,16H,3-10H2,1-2H3,(H,15,17). The van der Waals surface area contributed by atoms with Gasteiger partial charge < -0.3 is 15.7 Å². The van der Waals surface area contributed by atoms with Crippen LogP contribution < -0.4 is 10.6 Å². The highest BCUT2D eigenvalue weighted by atomic mass is 16.2. The van der Waals surface area contributed by atoms with Crippen LogP contribution in [-0.4, -0.2) is 36.8 Å². The summed E-state index contributed by atoms with van der Waals surface area (Å²) in [5.41, 5.74) is 0.0626. The van der Waals surface area contributed by atoms with E-state index in [1.807, 2.05) is 0 Å². The summed E-state index contributed by atoms with van der Waals surface area (Å²) in [7, 11) is 0. The van der Waals surface area contributed by atoms with Gasteiger partial charge in [0.1, 0.15) is 0 Å². The minimum atomic E-state index is -0.00241. The summed E-state index contributed by atoms with van der Waals surface area (Å²) in [6, 6.07) is -0.00241. The Hall–Kier alpha value is -0.610. The largest absolute Gasteiger partial charge is 0.396 e. The molecule has 1 amide bonds. The van der Waals surface area contributed by atoms with Gasteiger partial charge >= 0.3 is 0 Å². The van der Waals surface area contributed by atoms with E-state index in [4.69, 9.17) is 5.11 Å². The van der Waals surface area contributed by atoms with Crippen molar-refractivity contribution in [2.45, 2.75) is 52.0 Å². The van der Waals surface area contributed by atoms with Crippen molar-refractivity contribution in [3.8, 4) is 0 Å². The number of nitrogens with one attached hydrogen (secondary N) is 2. The molecule has 1 atom stereocenters. The number of hydrogen-bond donors (Lipinski definition) is 3. The molecule has 3 N–H and O–H groups in total. The second kappa shape index (κ2) is 6.97. The summed E-state index contributed by atoms with van der Waals surface area (Å²) in [6.07, 6.45) is 4.99. The fraction of sp³-hybridized carbons (Fsp3) is 0.923. The highest BCUT2D eigenvalue weighted by molar-refractivity contribution is 5.81. The molecule has 1 fully saturated rings. The Bertz CT molecular complexity index is 236. The Morgan fingerprint density at radius 2 is 2.24 bits per heavy atom. The van der Waals surface area contributed by atoms with Crippen molar-refractivity contribution < 1.29 is 9.90 Å². The molecule has 1 aliphatic heterocycles. The van der Waals surface area contributed by atoms with Crippen molar-refractivity contribution >= 4 is 5.91 Å². The van der Waals surface area contributed by atoms with Crippen LogP contribution in [0.25, 0.3) is 0 Å². The Kier molecular flexibility index (Phi) is 5.92. The van der Waals surface area contributed by atoms with Gasteiger partial charge in [0.25, 0.3) is 0 Å². The van der Waals surface area contributed by atoms with Gasteiger partial charge in [0.05, 0.1) is 6.04 Å². The maximum Gasteiger partial charge on any atom is 0.237 e. The molecule has 0 aromatic heterocycles. The molecule has 1 unspecified atom stereocenters. The summed E-state index contributed by atoms with van der Waals surface area (Å²) in [5.74, 6) is 0.127. The van der Waals surface area contributed by atoms with E-state index in [9.17, 15) is 4.79 Å². The van der Waals surface area contributed by atoms with Crippen molar-refractivity contribution in [3.63, 3.8) is 0 Å². The lowest BCUT2D eigenvalue weighted by atomic mass is 9.87. The first-order valence-electron chi connectivity index (χ1n) is 6.67. The number of carbonyl (C=O) groups excluding carboxylic acids is 1. The van der Waals surface area contributed by atoms with Crippen molar-refractivity contribution in [1.82, 2.24) is 10.6 Å². The Labute approximate surface area is 104 Å². The first-order valence-corrected chi connectivity index (χ1v) is 6.67. The number of rotatable bonds is 6. The van der Waals surface area contributed by atoms with E-state index in [1.165, 1.54) is 6.42 Å². The maximum absolute atomic E-state index is 11.9. The third-order valence-electron chi connectivity index (χ3n) is 3.38. The van der Waals surface area contributed by atoms with Crippen LogP contribution in [0.15, 0.2) is 0 Å². The van der Waals surface area contributed by atoms with Crippen molar-refractivity contribution in [3.05, 3.63) is 0 Å². The molecule has 0 aromatic rings. The van der Waals surface area contributed by atoms with Gasteiger partial charge in [-0.15, -0.1) is 0 Å². The second-order valence-electron chi connectivity index (χ2n) is 5.71. The van der Waals surface area contributed by atoms with E-state index in [-0.39, 0.29) is 24.0 Å². The quantitative estimate of drug-likeness (QED) is 0.652.